The number of anilines is 1. The number of halogens is 4. The van der Waals surface area contributed by atoms with Gasteiger partial charge in [0.1, 0.15) is 17.3 Å². The molecule has 2 amide bonds. The molecule has 0 spiro atoms. The molecule has 0 aliphatic carbocycles. The van der Waals surface area contributed by atoms with Crippen molar-refractivity contribution in [3.63, 3.8) is 0 Å². The lowest BCUT2D eigenvalue weighted by Gasteiger charge is -2.48. The van der Waals surface area contributed by atoms with Crippen LogP contribution in [0.3, 0.4) is 0 Å². The SMILES string of the molecule is [2H]C([2H])([2H])NC(=O)N1CC(CNc2cccc3nc(C(F)(F)F)cn23)C1c1ccc(F)cc1. The Bertz CT molecular complexity index is 1160. The van der Waals surface area contributed by atoms with Crippen molar-refractivity contribution in [2.45, 2.75) is 12.2 Å². The Hall–Kier alpha value is -3.30. The molecule has 2 aromatic heterocycles. The normalized spacial score (nSPS) is 20.8. The molecule has 30 heavy (non-hydrogen) atoms. The van der Waals surface area contributed by atoms with Crippen LogP contribution < -0.4 is 10.6 Å². The molecular formula is C20H19F4N5O. The summed E-state index contributed by atoms with van der Waals surface area (Å²) in [6.45, 7) is -2.20. The third-order valence-electron chi connectivity index (χ3n) is 5.12. The summed E-state index contributed by atoms with van der Waals surface area (Å²) in [6, 6.07) is 8.78. The summed E-state index contributed by atoms with van der Waals surface area (Å²) in [4.78, 5) is 17.3. The zero-order valence-corrected chi connectivity index (χ0v) is 15.4. The molecule has 1 aliphatic heterocycles. The molecule has 2 N–H and O–H groups in total. The lowest BCUT2D eigenvalue weighted by Crippen LogP contribution is -2.57. The standard InChI is InChI=1S/C20H19F4N5O/c1-25-19(30)29-10-13(18(29)12-5-7-14(21)8-6-12)9-26-16-3-2-4-17-27-15(11-28(16)17)20(22,23)24/h2-8,11,13,18,26H,9-10H2,1H3,(H,25,30)/i1D3. The van der Waals surface area contributed by atoms with Gasteiger partial charge in [-0.3, -0.25) is 4.40 Å². The Morgan fingerprint density at radius 3 is 2.73 bits per heavy atom. The molecule has 1 aliphatic rings. The van der Waals surface area contributed by atoms with Crippen LogP contribution in [0.5, 0.6) is 0 Å². The molecule has 4 rings (SSSR count). The van der Waals surface area contributed by atoms with E-state index in [1.54, 1.807) is 12.1 Å². The van der Waals surface area contributed by atoms with E-state index in [1.165, 1.54) is 39.6 Å². The van der Waals surface area contributed by atoms with Crippen molar-refractivity contribution in [2.24, 2.45) is 5.92 Å². The van der Waals surface area contributed by atoms with Crippen LogP contribution in [-0.4, -0.2) is 40.4 Å². The molecule has 0 saturated carbocycles. The summed E-state index contributed by atoms with van der Waals surface area (Å²) in [5.74, 6) is -0.295. The average molecular weight is 424 g/mol. The van der Waals surface area contributed by atoms with Crippen LogP contribution in [0.2, 0.25) is 0 Å². The molecule has 6 nitrogen and oxygen atoms in total. The van der Waals surface area contributed by atoms with Crippen LogP contribution in [0.25, 0.3) is 5.65 Å². The summed E-state index contributed by atoms with van der Waals surface area (Å²) < 4.78 is 75.5. The molecule has 158 valence electrons. The van der Waals surface area contributed by atoms with E-state index in [0.717, 1.165) is 6.20 Å². The van der Waals surface area contributed by atoms with Gasteiger partial charge in [-0.1, -0.05) is 18.2 Å². The maximum atomic E-state index is 13.4. The average Bonchev–Trinajstić information content (AvgIpc) is 3.13. The van der Waals surface area contributed by atoms with Gasteiger partial charge in [-0.05, 0) is 29.8 Å². The number of likely N-dealkylation sites (tertiary alicyclic amines) is 1. The molecule has 3 heterocycles. The van der Waals surface area contributed by atoms with E-state index in [2.05, 4.69) is 10.3 Å². The Morgan fingerprint density at radius 2 is 2.03 bits per heavy atom. The van der Waals surface area contributed by atoms with Gasteiger partial charge >= 0.3 is 12.2 Å². The minimum atomic E-state index is -4.58. The van der Waals surface area contributed by atoms with E-state index in [1.807, 2.05) is 5.32 Å². The first-order chi connectivity index (χ1) is 15.4. The van der Waals surface area contributed by atoms with Gasteiger partial charge in [0.05, 0.1) is 6.04 Å². The number of imidazole rings is 1. The van der Waals surface area contributed by atoms with Gasteiger partial charge in [0.25, 0.3) is 0 Å². The molecule has 0 radical (unpaired) electrons. The minimum Gasteiger partial charge on any atom is -0.371 e. The van der Waals surface area contributed by atoms with Crippen molar-refractivity contribution < 1.29 is 26.5 Å². The summed E-state index contributed by atoms with van der Waals surface area (Å²) in [6.07, 6.45) is -3.69. The Labute approximate surface area is 173 Å². The van der Waals surface area contributed by atoms with Crippen LogP contribution in [0.15, 0.2) is 48.7 Å². The number of nitrogens with one attached hydrogen (secondary N) is 2. The van der Waals surface area contributed by atoms with Crippen LogP contribution in [0.4, 0.5) is 28.2 Å². The van der Waals surface area contributed by atoms with Crippen molar-refractivity contribution in [3.05, 3.63) is 65.7 Å². The van der Waals surface area contributed by atoms with E-state index in [0.29, 0.717) is 11.4 Å². The number of fused-ring (bicyclic) bond motifs is 1. The number of benzene rings is 1. The Morgan fingerprint density at radius 1 is 1.27 bits per heavy atom. The third-order valence-corrected chi connectivity index (χ3v) is 5.12. The smallest absolute Gasteiger partial charge is 0.371 e. The number of nitrogens with zero attached hydrogens (tertiary/aromatic N) is 3. The van der Waals surface area contributed by atoms with E-state index in [9.17, 15) is 22.4 Å². The van der Waals surface area contributed by atoms with Crippen molar-refractivity contribution in [1.29, 1.82) is 0 Å². The van der Waals surface area contributed by atoms with Gasteiger partial charge in [-0.15, -0.1) is 0 Å². The molecular weight excluding hydrogens is 402 g/mol. The molecule has 1 saturated heterocycles. The summed E-state index contributed by atoms with van der Waals surface area (Å²) in [7, 11) is 0. The predicted octanol–water partition coefficient (Wildman–Crippen LogP) is 3.92. The first kappa shape index (κ1) is 16.5. The number of amides is 2. The van der Waals surface area contributed by atoms with Crippen LogP contribution in [0, 0.1) is 11.7 Å². The molecule has 10 heteroatoms. The molecule has 3 aromatic rings. The number of carbonyl (C=O) groups is 1. The van der Waals surface area contributed by atoms with Gasteiger partial charge in [-0.2, -0.15) is 13.2 Å². The maximum Gasteiger partial charge on any atom is 0.434 e. The van der Waals surface area contributed by atoms with Crippen molar-refractivity contribution >= 4 is 17.5 Å². The minimum absolute atomic E-state index is 0.120. The van der Waals surface area contributed by atoms with Gasteiger partial charge in [0.15, 0.2) is 5.69 Å². The van der Waals surface area contributed by atoms with Crippen molar-refractivity contribution in [2.75, 3.05) is 25.4 Å². The maximum absolute atomic E-state index is 13.4. The number of rotatable bonds is 4. The van der Waals surface area contributed by atoms with Gasteiger partial charge in [0, 0.05) is 36.3 Å². The Balaban J connectivity index is 1.54. The number of carbonyl (C=O) groups excluding carboxylic acids is 1. The first-order valence-corrected chi connectivity index (χ1v) is 9.06. The molecule has 1 fully saturated rings. The fourth-order valence-electron chi connectivity index (χ4n) is 3.68. The van der Waals surface area contributed by atoms with E-state index >= 15 is 0 Å². The lowest BCUT2D eigenvalue weighted by molar-refractivity contribution is -0.140. The largest absolute Gasteiger partial charge is 0.434 e. The quantitative estimate of drug-likeness (QED) is 0.625. The third kappa shape index (κ3) is 3.64. The van der Waals surface area contributed by atoms with Gasteiger partial charge in [-0.25, -0.2) is 14.2 Å². The highest BCUT2D eigenvalue weighted by Gasteiger charge is 2.42. The lowest BCUT2D eigenvalue weighted by atomic mass is 9.83. The number of alkyl halides is 3. The topological polar surface area (TPSA) is 61.7 Å². The highest BCUT2D eigenvalue weighted by molar-refractivity contribution is 5.75. The molecule has 2 unspecified atom stereocenters. The van der Waals surface area contributed by atoms with Crippen molar-refractivity contribution in [1.82, 2.24) is 19.6 Å². The van der Waals surface area contributed by atoms with Gasteiger partial charge in [0.2, 0.25) is 0 Å². The summed E-state index contributed by atoms with van der Waals surface area (Å²) >= 11 is 0. The van der Waals surface area contributed by atoms with E-state index in [4.69, 9.17) is 4.11 Å². The second kappa shape index (κ2) is 7.51. The molecule has 0 bridgehead atoms. The fraction of sp³-hybridized carbons (Fsp3) is 0.300. The predicted molar refractivity (Wildman–Crippen MR) is 102 cm³/mol. The number of hydrogen-bond donors (Lipinski definition) is 2. The summed E-state index contributed by atoms with van der Waals surface area (Å²) in [5.41, 5.74) is -0.290. The highest BCUT2D eigenvalue weighted by Crippen LogP contribution is 2.39. The Kier molecular flexibility index (Phi) is 4.13. The van der Waals surface area contributed by atoms with Crippen LogP contribution in [-0.2, 0) is 6.18 Å². The first-order valence-electron chi connectivity index (χ1n) is 10.6. The zero-order valence-electron chi connectivity index (χ0n) is 18.4. The van der Waals surface area contributed by atoms with E-state index in [-0.39, 0.29) is 24.7 Å². The molecule has 1 aromatic carbocycles. The van der Waals surface area contributed by atoms with Crippen LogP contribution in [0.1, 0.15) is 21.4 Å². The highest BCUT2D eigenvalue weighted by atomic mass is 19.4. The fourth-order valence-corrected chi connectivity index (χ4v) is 3.68. The zero-order chi connectivity index (χ0) is 24.0. The number of urea groups is 1. The van der Waals surface area contributed by atoms with Crippen molar-refractivity contribution in [3.8, 4) is 0 Å². The monoisotopic (exact) mass is 424 g/mol. The second-order valence-electron chi connectivity index (χ2n) is 6.98. The van der Waals surface area contributed by atoms with E-state index < -0.39 is 36.7 Å². The number of pyridine rings is 1. The summed E-state index contributed by atoms with van der Waals surface area (Å²) in [5, 5.41) is 5.03. The second-order valence-corrected chi connectivity index (χ2v) is 6.98. The number of aromatic nitrogens is 2. The molecule has 2 atom stereocenters. The van der Waals surface area contributed by atoms with Gasteiger partial charge < -0.3 is 15.5 Å². The van der Waals surface area contributed by atoms with Crippen LogP contribution >= 0.6 is 0 Å². The number of hydrogen-bond acceptors (Lipinski definition) is 3.